The van der Waals surface area contributed by atoms with Crippen LogP contribution in [0.5, 0.6) is 11.5 Å². The molecule has 10 heteroatoms. The van der Waals surface area contributed by atoms with Gasteiger partial charge in [0, 0.05) is 4.47 Å². The Kier molecular flexibility index (Phi) is 7.76. The lowest BCUT2D eigenvalue weighted by atomic mass is 10.1. The van der Waals surface area contributed by atoms with E-state index in [2.05, 4.69) is 21.2 Å². The SMILES string of the molecule is COc1cc(/C=C2\C(=O)NC(=S)N(c3cccc(Cl)c3Cl)C2=O)c(Br)cc1OCc1ccccc1. The maximum absolute atomic E-state index is 13.3. The smallest absolute Gasteiger partial charge is 0.270 e. The second-order valence-corrected chi connectivity index (χ2v) is 9.36. The zero-order valence-electron chi connectivity index (χ0n) is 18.2. The summed E-state index contributed by atoms with van der Waals surface area (Å²) in [6.07, 6.45) is 1.44. The fraction of sp³-hybridized carbons (Fsp3) is 0.0800. The molecule has 0 bridgehead atoms. The number of hydrogen-bond acceptors (Lipinski definition) is 5. The largest absolute Gasteiger partial charge is 0.493 e. The summed E-state index contributed by atoms with van der Waals surface area (Å²) < 4.78 is 12.0. The highest BCUT2D eigenvalue weighted by Crippen LogP contribution is 2.37. The van der Waals surface area contributed by atoms with E-state index in [1.54, 1.807) is 30.3 Å². The van der Waals surface area contributed by atoms with Crippen LogP contribution in [-0.4, -0.2) is 24.0 Å². The lowest BCUT2D eigenvalue weighted by Crippen LogP contribution is -2.54. The monoisotopic (exact) mass is 590 g/mol. The molecule has 1 N–H and O–H groups in total. The molecule has 0 atom stereocenters. The summed E-state index contributed by atoms with van der Waals surface area (Å²) in [5.41, 5.74) is 1.64. The molecule has 0 aromatic heterocycles. The minimum absolute atomic E-state index is 0.0948. The van der Waals surface area contributed by atoms with Crippen molar-refractivity contribution in [3.63, 3.8) is 0 Å². The predicted octanol–water partition coefficient (Wildman–Crippen LogP) is 6.17. The van der Waals surface area contributed by atoms with Crippen molar-refractivity contribution in [3.05, 3.63) is 91.9 Å². The van der Waals surface area contributed by atoms with Gasteiger partial charge in [0.2, 0.25) is 0 Å². The number of carbonyl (C=O) groups excluding carboxylic acids is 2. The summed E-state index contributed by atoms with van der Waals surface area (Å²) in [7, 11) is 1.51. The lowest BCUT2D eigenvalue weighted by molar-refractivity contribution is -0.122. The molecule has 1 aliphatic rings. The first-order valence-electron chi connectivity index (χ1n) is 10.2. The van der Waals surface area contributed by atoms with Crippen molar-refractivity contribution in [1.29, 1.82) is 0 Å². The van der Waals surface area contributed by atoms with Crippen LogP contribution in [0.15, 0.2) is 70.7 Å². The Morgan fingerprint density at radius 2 is 1.80 bits per heavy atom. The Morgan fingerprint density at radius 1 is 1.06 bits per heavy atom. The summed E-state index contributed by atoms with van der Waals surface area (Å²) in [5.74, 6) is -0.342. The third-order valence-electron chi connectivity index (χ3n) is 5.09. The summed E-state index contributed by atoms with van der Waals surface area (Å²) >= 11 is 21.1. The van der Waals surface area contributed by atoms with Crippen LogP contribution in [0.1, 0.15) is 11.1 Å². The normalized spacial score (nSPS) is 14.8. The first kappa shape index (κ1) is 25.2. The van der Waals surface area contributed by atoms with E-state index >= 15 is 0 Å². The summed E-state index contributed by atoms with van der Waals surface area (Å²) in [4.78, 5) is 27.2. The van der Waals surface area contributed by atoms with E-state index in [9.17, 15) is 9.59 Å². The molecule has 6 nitrogen and oxygen atoms in total. The Labute approximate surface area is 225 Å². The topological polar surface area (TPSA) is 67.9 Å². The first-order valence-corrected chi connectivity index (χ1v) is 12.2. The van der Waals surface area contributed by atoms with E-state index in [-0.39, 0.29) is 26.4 Å². The van der Waals surface area contributed by atoms with Gasteiger partial charge in [-0.25, -0.2) is 0 Å². The molecule has 35 heavy (non-hydrogen) atoms. The Bertz CT molecular complexity index is 1370. The van der Waals surface area contributed by atoms with Crippen LogP contribution in [0.2, 0.25) is 10.0 Å². The van der Waals surface area contributed by atoms with Gasteiger partial charge in [-0.05, 0) is 53.7 Å². The van der Waals surface area contributed by atoms with Gasteiger partial charge in [-0.1, -0.05) is 75.5 Å². The molecular weight excluding hydrogens is 575 g/mol. The van der Waals surface area contributed by atoms with Crippen LogP contribution in [0.4, 0.5) is 5.69 Å². The molecule has 0 saturated carbocycles. The van der Waals surface area contributed by atoms with Gasteiger partial charge in [0.1, 0.15) is 12.2 Å². The number of ether oxygens (including phenoxy) is 2. The molecule has 0 unspecified atom stereocenters. The van der Waals surface area contributed by atoms with Crippen LogP contribution in [0.3, 0.4) is 0 Å². The van der Waals surface area contributed by atoms with Crippen LogP contribution in [0, 0.1) is 0 Å². The number of thiocarbonyl (C=S) groups is 1. The number of halogens is 3. The maximum Gasteiger partial charge on any atom is 0.270 e. The van der Waals surface area contributed by atoms with Gasteiger partial charge in [0.15, 0.2) is 16.6 Å². The molecule has 0 spiro atoms. The van der Waals surface area contributed by atoms with Crippen LogP contribution in [-0.2, 0) is 16.2 Å². The molecule has 1 aliphatic heterocycles. The van der Waals surface area contributed by atoms with Crippen LogP contribution < -0.4 is 19.7 Å². The van der Waals surface area contributed by atoms with Crippen molar-refractivity contribution in [2.24, 2.45) is 0 Å². The second kappa shape index (κ2) is 10.8. The van der Waals surface area contributed by atoms with Gasteiger partial charge < -0.3 is 9.47 Å². The van der Waals surface area contributed by atoms with Gasteiger partial charge in [-0.15, -0.1) is 0 Å². The number of carbonyl (C=O) groups is 2. The van der Waals surface area contributed by atoms with Crippen molar-refractivity contribution >= 4 is 80.0 Å². The number of rotatable bonds is 6. The third kappa shape index (κ3) is 5.36. The van der Waals surface area contributed by atoms with E-state index in [1.165, 1.54) is 13.2 Å². The number of benzene rings is 3. The van der Waals surface area contributed by atoms with Crippen molar-refractivity contribution in [3.8, 4) is 11.5 Å². The van der Waals surface area contributed by atoms with E-state index < -0.39 is 11.8 Å². The second-order valence-electron chi connectivity index (χ2n) is 7.33. The highest BCUT2D eigenvalue weighted by molar-refractivity contribution is 9.10. The van der Waals surface area contributed by atoms with E-state index in [0.29, 0.717) is 28.1 Å². The van der Waals surface area contributed by atoms with E-state index in [0.717, 1.165) is 10.5 Å². The third-order valence-corrected chi connectivity index (χ3v) is 6.87. The molecule has 1 heterocycles. The highest BCUT2D eigenvalue weighted by Gasteiger charge is 2.36. The van der Waals surface area contributed by atoms with E-state index in [4.69, 9.17) is 44.9 Å². The number of methoxy groups -OCH3 is 1. The molecular formula is C25H17BrCl2N2O4S. The first-order chi connectivity index (χ1) is 16.8. The molecule has 4 rings (SSSR count). The molecule has 3 aromatic rings. The van der Waals surface area contributed by atoms with Crippen LogP contribution in [0.25, 0.3) is 6.08 Å². The lowest BCUT2D eigenvalue weighted by Gasteiger charge is -2.29. The van der Waals surface area contributed by atoms with Crippen LogP contribution >= 0.6 is 51.3 Å². The Hall–Kier alpha value is -2.91. The van der Waals surface area contributed by atoms with Crippen molar-refractivity contribution < 1.29 is 19.1 Å². The average Bonchev–Trinajstić information content (AvgIpc) is 2.84. The Morgan fingerprint density at radius 3 is 2.51 bits per heavy atom. The number of nitrogens with zero attached hydrogens (tertiary/aromatic N) is 1. The molecule has 3 aromatic carbocycles. The van der Waals surface area contributed by atoms with Crippen molar-refractivity contribution in [2.75, 3.05) is 12.0 Å². The minimum atomic E-state index is -0.641. The van der Waals surface area contributed by atoms with Gasteiger partial charge in [0.25, 0.3) is 11.8 Å². The average molecular weight is 592 g/mol. The highest BCUT2D eigenvalue weighted by atomic mass is 79.9. The van der Waals surface area contributed by atoms with Gasteiger partial charge in [0.05, 0.1) is 22.8 Å². The Balaban J connectivity index is 1.68. The summed E-state index contributed by atoms with van der Waals surface area (Å²) in [6.45, 7) is 0.345. The number of nitrogens with one attached hydrogen (secondary N) is 1. The van der Waals surface area contributed by atoms with Gasteiger partial charge in [-0.3, -0.25) is 19.8 Å². The van der Waals surface area contributed by atoms with Crippen molar-refractivity contribution in [2.45, 2.75) is 6.61 Å². The fourth-order valence-electron chi connectivity index (χ4n) is 3.37. The molecule has 1 saturated heterocycles. The molecule has 0 radical (unpaired) electrons. The van der Waals surface area contributed by atoms with Gasteiger partial charge >= 0.3 is 0 Å². The van der Waals surface area contributed by atoms with Crippen molar-refractivity contribution in [1.82, 2.24) is 5.32 Å². The summed E-state index contributed by atoms with van der Waals surface area (Å²) in [6, 6.07) is 17.9. The number of amides is 2. The minimum Gasteiger partial charge on any atom is -0.493 e. The summed E-state index contributed by atoms with van der Waals surface area (Å²) in [5, 5.41) is 2.83. The quantitative estimate of drug-likeness (QED) is 0.211. The zero-order chi connectivity index (χ0) is 25.1. The predicted molar refractivity (Wildman–Crippen MR) is 144 cm³/mol. The molecule has 0 aliphatic carbocycles. The van der Waals surface area contributed by atoms with Gasteiger partial charge in [-0.2, -0.15) is 0 Å². The zero-order valence-corrected chi connectivity index (χ0v) is 22.1. The maximum atomic E-state index is 13.3. The standard InChI is InChI=1S/C25H17BrCl2N2O4S/c1-33-20-11-15(17(26)12-21(20)34-13-14-6-3-2-4-7-14)10-16-23(31)29-25(35)30(24(16)32)19-9-5-8-18(27)22(19)28/h2-12H,13H2,1H3,(H,29,31,35)/b16-10+. The molecule has 1 fully saturated rings. The number of anilines is 1. The number of hydrogen-bond donors (Lipinski definition) is 1. The fourth-order valence-corrected chi connectivity index (χ4v) is 4.46. The van der Waals surface area contributed by atoms with E-state index in [1.807, 2.05) is 30.3 Å². The molecule has 2 amide bonds. The molecule has 178 valence electrons.